The lowest BCUT2D eigenvalue weighted by molar-refractivity contribution is -0.116. The van der Waals surface area contributed by atoms with Crippen molar-refractivity contribution in [3.05, 3.63) is 52.5 Å². The molecule has 2 unspecified atom stereocenters. The highest BCUT2D eigenvalue weighted by Crippen LogP contribution is 2.26. The van der Waals surface area contributed by atoms with Gasteiger partial charge in [0.2, 0.25) is 5.91 Å². The predicted octanol–water partition coefficient (Wildman–Crippen LogP) is 4.38. The number of aryl methyl sites for hydroxylation is 3. The number of thiazole rings is 1. The van der Waals surface area contributed by atoms with Crippen molar-refractivity contribution in [1.29, 1.82) is 0 Å². The van der Waals surface area contributed by atoms with Gasteiger partial charge in [-0.2, -0.15) is 0 Å². The second-order valence-corrected chi connectivity index (χ2v) is 11.3. The molecule has 1 saturated heterocycles. The molecule has 1 fully saturated rings. The summed E-state index contributed by atoms with van der Waals surface area (Å²) in [5, 5.41) is 14.8. The van der Waals surface area contributed by atoms with E-state index in [1.165, 1.54) is 0 Å². The van der Waals surface area contributed by atoms with Gasteiger partial charge in [0.15, 0.2) is 0 Å². The number of carbonyl (C=O) groups excluding carboxylic acids is 1. The van der Waals surface area contributed by atoms with E-state index in [9.17, 15) is 9.90 Å². The lowest BCUT2D eigenvalue weighted by Gasteiger charge is -2.44. The van der Waals surface area contributed by atoms with Crippen LogP contribution in [0, 0.1) is 20.8 Å². The molecule has 3 atom stereocenters. The number of anilines is 1. The Bertz CT molecular complexity index is 1180. The third kappa shape index (κ3) is 6.62. The maximum atomic E-state index is 12.6. The lowest BCUT2D eigenvalue weighted by Crippen LogP contribution is -2.58. The maximum Gasteiger partial charge on any atom is 0.225 e. The highest BCUT2D eigenvalue weighted by molar-refractivity contribution is 7.18. The molecule has 4 rings (SSSR count). The van der Waals surface area contributed by atoms with Gasteiger partial charge in [0.25, 0.3) is 0 Å². The molecule has 1 aliphatic rings. The number of aliphatic hydroxyl groups excluding tert-OH is 1. The summed E-state index contributed by atoms with van der Waals surface area (Å²) in [4.78, 5) is 21.8. The van der Waals surface area contributed by atoms with Gasteiger partial charge in [0.05, 0.1) is 15.2 Å². The Morgan fingerprint density at radius 2 is 1.83 bits per heavy atom. The number of benzene rings is 2. The monoisotopic (exact) mass is 510 g/mol. The predicted molar refractivity (Wildman–Crippen MR) is 147 cm³/mol. The van der Waals surface area contributed by atoms with E-state index in [-0.39, 0.29) is 18.6 Å². The number of aliphatic hydroxyl groups is 1. The number of fused-ring (bicyclic) bond motifs is 1. The highest BCUT2D eigenvalue weighted by Gasteiger charge is 2.30. The number of rotatable bonds is 9. The lowest BCUT2D eigenvalue weighted by atomic mass is 10.1. The van der Waals surface area contributed by atoms with Crippen LogP contribution in [0.25, 0.3) is 10.2 Å². The van der Waals surface area contributed by atoms with Crippen LogP contribution in [0.4, 0.5) is 5.69 Å². The minimum atomic E-state index is -0.581. The number of para-hydroxylation sites is 1. The number of ether oxygens (including phenoxy) is 1. The fraction of sp³-hybridized carbons (Fsp3) is 0.500. The minimum Gasteiger partial charge on any atom is -0.491 e. The van der Waals surface area contributed by atoms with Crippen molar-refractivity contribution in [3.63, 3.8) is 0 Å². The van der Waals surface area contributed by atoms with Crippen LogP contribution in [0.3, 0.4) is 0 Å². The summed E-state index contributed by atoms with van der Waals surface area (Å²) in [6.07, 6.45) is -0.119. The van der Waals surface area contributed by atoms with Gasteiger partial charge in [0.1, 0.15) is 18.5 Å². The first-order valence-electron chi connectivity index (χ1n) is 12.7. The fourth-order valence-corrected chi connectivity index (χ4v) is 5.73. The molecular weight excluding hydrogens is 472 g/mol. The van der Waals surface area contributed by atoms with Crippen molar-refractivity contribution < 1.29 is 14.6 Å². The summed E-state index contributed by atoms with van der Waals surface area (Å²) in [6.45, 7) is 13.7. The quantitative estimate of drug-likeness (QED) is 0.445. The number of hydrogen-bond acceptors (Lipinski definition) is 7. The van der Waals surface area contributed by atoms with Crippen LogP contribution < -0.4 is 10.1 Å². The van der Waals surface area contributed by atoms with E-state index in [0.29, 0.717) is 19.0 Å². The second kappa shape index (κ2) is 11.7. The molecule has 0 bridgehead atoms. The smallest absolute Gasteiger partial charge is 0.225 e. The SMILES string of the molecule is Cc1nc2cc(OC[C@@H](O)CN3CC(C)N(CCC(=O)Nc4c(C)cccc4C)CC3C)ccc2s1. The molecule has 2 aromatic carbocycles. The molecule has 0 spiro atoms. The zero-order valence-electron chi connectivity index (χ0n) is 22.0. The molecule has 3 aromatic rings. The van der Waals surface area contributed by atoms with Crippen molar-refractivity contribution in [1.82, 2.24) is 14.8 Å². The maximum absolute atomic E-state index is 12.6. The number of β-amino-alcohol motifs (C(OH)–C–C–N with tert-alkyl or cyclic N) is 1. The van der Waals surface area contributed by atoms with Gasteiger partial charge in [0, 0.05) is 56.4 Å². The van der Waals surface area contributed by atoms with Crippen LogP contribution in [0.15, 0.2) is 36.4 Å². The number of amides is 1. The van der Waals surface area contributed by atoms with Crippen molar-refractivity contribution in [3.8, 4) is 5.75 Å². The second-order valence-electron chi connectivity index (χ2n) is 10.0. The Morgan fingerprint density at radius 1 is 1.14 bits per heavy atom. The summed E-state index contributed by atoms with van der Waals surface area (Å²) in [5.41, 5.74) is 4.03. The molecule has 36 heavy (non-hydrogen) atoms. The number of nitrogens with one attached hydrogen (secondary N) is 1. The number of hydrogen-bond donors (Lipinski definition) is 2. The molecule has 2 heterocycles. The van der Waals surface area contributed by atoms with Crippen LogP contribution in [-0.4, -0.2) is 76.8 Å². The van der Waals surface area contributed by atoms with Gasteiger partial charge in [-0.1, -0.05) is 18.2 Å². The van der Waals surface area contributed by atoms with Crippen molar-refractivity contribution in [2.24, 2.45) is 0 Å². The van der Waals surface area contributed by atoms with E-state index in [1.54, 1.807) is 11.3 Å². The molecule has 7 nitrogen and oxygen atoms in total. The number of carbonyl (C=O) groups is 1. The molecular formula is C28H38N4O3S. The summed E-state index contributed by atoms with van der Waals surface area (Å²) < 4.78 is 7.02. The van der Waals surface area contributed by atoms with Gasteiger partial charge in [-0.05, 0) is 57.9 Å². The van der Waals surface area contributed by atoms with Crippen molar-refractivity contribution in [2.45, 2.75) is 59.2 Å². The Balaban J connectivity index is 1.22. The van der Waals surface area contributed by atoms with Crippen LogP contribution in [-0.2, 0) is 4.79 Å². The van der Waals surface area contributed by atoms with Crippen molar-refractivity contribution >= 4 is 33.1 Å². The van der Waals surface area contributed by atoms with Gasteiger partial charge in [-0.3, -0.25) is 14.6 Å². The van der Waals surface area contributed by atoms with E-state index in [2.05, 4.69) is 33.9 Å². The van der Waals surface area contributed by atoms with Gasteiger partial charge >= 0.3 is 0 Å². The molecule has 1 aliphatic heterocycles. The molecule has 1 amide bonds. The summed E-state index contributed by atoms with van der Waals surface area (Å²) in [6, 6.07) is 12.5. The molecule has 0 radical (unpaired) electrons. The third-order valence-electron chi connectivity index (χ3n) is 6.97. The Kier molecular flexibility index (Phi) is 8.62. The average Bonchev–Trinajstić information content (AvgIpc) is 3.20. The summed E-state index contributed by atoms with van der Waals surface area (Å²) >= 11 is 1.67. The van der Waals surface area contributed by atoms with E-state index in [4.69, 9.17) is 4.74 Å². The van der Waals surface area contributed by atoms with E-state index in [1.807, 2.05) is 57.2 Å². The third-order valence-corrected chi connectivity index (χ3v) is 7.92. The summed E-state index contributed by atoms with van der Waals surface area (Å²) in [5.74, 6) is 0.783. The standard InChI is InChI=1S/C28H38N4O3S/c1-18-7-6-8-19(2)28(18)30-27(34)11-12-31-14-21(4)32(15-20(31)3)16-23(33)17-35-24-9-10-26-25(13-24)29-22(5)36-26/h6-10,13,20-21,23,33H,11-12,14-17H2,1-5H3,(H,30,34)/t20?,21?,23-/m0/s1. The fourth-order valence-electron chi connectivity index (χ4n) is 4.92. The average molecular weight is 511 g/mol. The normalized spacial score (nSPS) is 19.9. The molecule has 0 aliphatic carbocycles. The minimum absolute atomic E-state index is 0.0493. The van der Waals surface area contributed by atoms with E-state index >= 15 is 0 Å². The Morgan fingerprint density at radius 3 is 2.58 bits per heavy atom. The van der Waals surface area contributed by atoms with Gasteiger partial charge in [-0.25, -0.2) is 4.98 Å². The first-order chi connectivity index (χ1) is 17.2. The van der Waals surface area contributed by atoms with Gasteiger partial charge in [-0.15, -0.1) is 11.3 Å². The number of aromatic nitrogens is 1. The van der Waals surface area contributed by atoms with Crippen LogP contribution >= 0.6 is 11.3 Å². The zero-order valence-corrected chi connectivity index (χ0v) is 22.8. The number of piperazine rings is 1. The Hall–Kier alpha value is -2.52. The van der Waals surface area contributed by atoms with Crippen LogP contribution in [0.5, 0.6) is 5.75 Å². The first kappa shape index (κ1) is 26.5. The molecule has 0 saturated carbocycles. The first-order valence-corrected chi connectivity index (χ1v) is 13.5. The zero-order chi connectivity index (χ0) is 25.8. The Labute approximate surface area is 218 Å². The number of nitrogens with zero attached hydrogens (tertiary/aromatic N) is 3. The molecule has 194 valence electrons. The largest absolute Gasteiger partial charge is 0.491 e. The van der Waals surface area contributed by atoms with Crippen LogP contribution in [0.2, 0.25) is 0 Å². The van der Waals surface area contributed by atoms with Crippen molar-refractivity contribution in [2.75, 3.05) is 38.1 Å². The highest BCUT2D eigenvalue weighted by atomic mass is 32.1. The molecule has 1 aromatic heterocycles. The van der Waals surface area contributed by atoms with Crippen LogP contribution in [0.1, 0.15) is 36.4 Å². The molecule has 2 N–H and O–H groups in total. The van der Waals surface area contributed by atoms with E-state index in [0.717, 1.165) is 57.4 Å². The van der Waals surface area contributed by atoms with Gasteiger partial charge < -0.3 is 15.2 Å². The summed E-state index contributed by atoms with van der Waals surface area (Å²) in [7, 11) is 0. The molecule has 8 heteroatoms. The topological polar surface area (TPSA) is 77.9 Å². The van der Waals surface area contributed by atoms with E-state index < -0.39 is 6.10 Å².